The van der Waals surface area contributed by atoms with E-state index in [9.17, 15) is 18.0 Å². The summed E-state index contributed by atoms with van der Waals surface area (Å²) >= 11 is 0. The maximum absolute atomic E-state index is 13.6. The van der Waals surface area contributed by atoms with Crippen molar-refractivity contribution in [2.24, 2.45) is 0 Å². The van der Waals surface area contributed by atoms with Crippen molar-refractivity contribution in [1.29, 1.82) is 0 Å². The van der Waals surface area contributed by atoms with Gasteiger partial charge in [0.1, 0.15) is 6.04 Å². The van der Waals surface area contributed by atoms with Crippen LogP contribution in [0.15, 0.2) is 89.8 Å². The summed E-state index contributed by atoms with van der Waals surface area (Å²) in [5.74, 6) is -0.399. The van der Waals surface area contributed by atoms with Gasteiger partial charge in [0.25, 0.3) is 0 Å². The van der Waals surface area contributed by atoms with Crippen LogP contribution in [0.5, 0.6) is 0 Å². The van der Waals surface area contributed by atoms with Crippen molar-refractivity contribution in [3.8, 4) is 0 Å². The highest BCUT2D eigenvalue weighted by molar-refractivity contribution is 7.89. The monoisotopic (exact) mass is 535 g/mol. The van der Waals surface area contributed by atoms with Crippen molar-refractivity contribution >= 4 is 21.8 Å². The first-order valence-corrected chi connectivity index (χ1v) is 14.3. The molecule has 0 unspecified atom stereocenters. The Morgan fingerprint density at radius 2 is 1.47 bits per heavy atom. The van der Waals surface area contributed by atoms with Crippen LogP contribution >= 0.6 is 0 Å². The minimum absolute atomic E-state index is 0.116. The van der Waals surface area contributed by atoms with Gasteiger partial charge in [0.05, 0.1) is 4.90 Å². The molecular formula is C30H37N3O4S. The van der Waals surface area contributed by atoms with Crippen molar-refractivity contribution < 1.29 is 18.0 Å². The molecule has 3 rings (SSSR count). The molecular weight excluding hydrogens is 498 g/mol. The Kier molecular flexibility index (Phi) is 10.6. The molecule has 0 fully saturated rings. The first-order chi connectivity index (χ1) is 18.2. The number of hydrogen-bond donors (Lipinski definition) is 1. The number of aryl methyl sites for hydroxylation is 1. The predicted octanol–water partition coefficient (Wildman–Crippen LogP) is 4.17. The van der Waals surface area contributed by atoms with Gasteiger partial charge < -0.3 is 10.2 Å². The van der Waals surface area contributed by atoms with Crippen LogP contribution in [0.2, 0.25) is 0 Å². The highest BCUT2D eigenvalue weighted by Gasteiger charge is 2.30. The fraction of sp³-hybridized carbons (Fsp3) is 0.333. The lowest BCUT2D eigenvalue weighted by Crippen LogP contribution is -2.50. The van der Waals surface area contributed by atoms with Crippen LogP contribution < -0.4 is 5.32 Å². The average molecular weight is 536 g/mol. The summed E-state index contributed by atoms with van der Waals surface area (Å²) in [4.78, 5) is 28.7. The van der Waals surface area contributed by atoms with E-state index in [4.69, 9.17) is 0 Å². The second kappa shape index (κ2) is 13.9. The lowest BCUT2D eigenvalue weighted by Gasteiger charge is -2.32. The molecule has 0 aliphatic rings. The molecule has 3 aromatic carbocycles. The quantitative estimate of drug-likeness (QED) is 0.356. The maximum atomic E-state index is 13.6. The highest BCUT2D eigenvalue weighted by Crippen LogP contribution is 2.18. The Balaban J connectivity index is 1.79. The number of benzene rings is 3. The molecule has 3 aromatic rings. The average Bonchev–Trinajstić information content (AvgIpc) is 2.92. The first kappa shape index (κ1) is 29.1. The number of carbonyl (C=O) groups is 2. The van der Waals surface area contributed by atoms with Crippen LogP contribution in [0.25, 0.3) is 0 Å². The molecule has 7 nitrogen and oxygen atoms in total. The summed E-state index contributed by atoms with van der Waals surface area (Å²) in [5, 5.41) is 2.89. The molecule has 0 spiro atoms. The zero-order chi connectivity index (χ0) is 27.5. The lowest BCUT2D eigenvalue weighted by atomic mass is 10.0. The summed E-state index contributed by atoms with van der Waals surface area (Å²) in [5.41, 5.74) is 2.99. The minimum Gasteiger partial charge on any atom is -0.355 e. The molecule has 0 bridgehead atoms. The number of amides is 2. The summed E-state index contributed by atoms with van der Waals surface area (Å²) in [6.07, 6.45) is 0.830. The van der Waals surface area contributed by atoms with Gasteiger partial charge in [0.2, 0.25) is 21.8 Å². The third-order valence-electron chi connectivity index (χ3n) is 6.41. The third kappa shape index (κ3) is 8.00. The van der Waals surface area contributed by atoms with Gasteiger partial charge >= 0.3 is 0 Å². The highest BCUT2D eigenvalue weighted by atomic mass is 32.2. The Bertz CT molecular complexity index is 1280. The van der Waals surface area contributed by atoms with E-state index in [2.05, 4.69) is 5.32 Å². The van der Waals surface area contributed by atoms with Gasteiger partial charge in [-0.25, -0.2) is 12.7 Å². The lowest BCUT2D eigenvalue weighted by molar-refractivity contribution is -0.141. The zero-order valence-electron chi connectivity index (χ0n) is 22.3. The molecule has 8 heteroatoms. The SMILES string of the molecule is CCNC(=O)[C@H](Cc1ccccc1)N(Cc1ccc(C)cc1)C(=O)CCCN(C)S(=O)(=O)c1ccccc1. The van der Waals surface area contributed by atoms with Crippen molar-refractivity contribution in [2.45, 2.75) is 50.6 Å². The van der Waals surface area contributed by atoms with E-state index >= 15 is 0 Å². The van der Waals surface area contributed by atoms with Gasteiger partial charge in [-0.05, 0) is 43.5 Å². The standard InChI is InChI=1S/C30H37N3O4S/c1-4-31-30(35)28(22-25-12-7-5-8-13-25)33(23-26-19-17-24(2)18-20-26)29(34)16-11-21-32(3)38(36,37)27-14-9-6-10-15-27/h5-10,12-15,17-20,28H,4,11,16,21-23H2,1-3H3,(H,31,35)/t28-/m0/s1. The van der Waals surface area contributed by atoms with Crippen LogP contribution in [0.3, 0.4) is 0 Å². The van der Waals surface area contributed by atoms with E-state index in [0.717, 1.165) is 16.7 Å². The number of hydrogen-bond acceptors (Lipinski definition) is 4. The van der Waals surface area contributed by atoms with Crippen LogP contribution in [-0.2, 0) is 32.6 Å². The molecule has 0 aliphatic carbocycles. The molecule has 1 N–H and O–H groups in total. The number of likely N-dealkylation sites (N-methyl/N-ethyl adjacent to an activating group) is 1. The molecule has 0 radical (unpaired) electrons. The number of sulfonamides is 1. The topological polar surface area (TPSA) is 86.8 Å². The van der Waals surface area contributed by atoms with Crippen LogP contribution in [0.4, 0.5) is 0 Å². The predicted molar refractivity (Wildman–Crippen MR) is 150 cm³/mol. The number of carbonyl (C=O) groups excluding carboxylic acids is 2. The van der Waals surface area contributed by atoms with Gasteiger partial charge in [-0.3, -0.25) is 9.59 Å². The van der Waals surface area contributed by atoms with E-state index in [1.165, 1.54) is 11.4 Å². The summed E-state index contributed by atoms with van der Waals surface area (Å²) in [6.45, 7) is 4.78. The smallest absolute Gasteiger partial charge is 0.243 e. The van der Waals surface area contributed by atoms with Crippen LogP contribution in [-0.4, -0.2) is 55.6 Å². The largest absolute Gasteiger partial charge is 0.355 e. The van der Waals surface area contributed by atoms with E-state index in [0.29, 0.717) is 19.4 Å². The Hall–Kier alpha value is -3.49. The Morgan fingerprint density at radius 3 is 2.08 bits per heavy atom. The molecule has 0 saturated heterocycles. The Labute approximate surface area is 226 Å². The molecule has 2 amide bonds. The van der Waals surface area contributed by atoms with Gasteiger partial charge in [0.15, 0.2) is 0 Å². The van der Waals surface area contributed by atoms with Crippen LogP contribution in [0.1, 0.15) is 36.5 Å². The number of rotatable bonds is 13. The molecule has 0 aromatic heterocycles. The van der Waals surface area contributed by atoms with Gasteiger partial charge in [-0.2, -0.15) is 0 Å². The minimum atomic E-state index is -3.64. The van der Waals surface area contributed by atoms with E-state index in [1.807, 2.05) is 68.4 Å². The normalized spacial score (nSPS) is 12.2. The van der Waals surface area contributed by atoms with Crippen molar-refractivity contribution in [2.75, 3.05) is 20.1 Å². The first-order valence-electron chi connectivity index (χ1n) is 12.9. The second-order valence-electron chi connectivity index (χ2n) is 9.35. The van der Waals surface area contributed by atoms with Gasteiger partial charge in [-0.1, -0.05) is 78.4 Å². The van der Waals surface area contributed by atoms with Crippen molar-refractivity contribution in [3.05, 3.63) is 102 Å². The summed E-state index contributed by atoms with van der Waals surface area (Å²) < 4.78 is 27.0. The molecule has 38 heavy (non-hydrogen) atoms. The van der Waals surface area contributed by atoms with Crippen LogP contribution in [0, 0.1) is 6.92 Å². The summed E-state index contributed by atoms with van der Waals surface area (Å²) in [6, 6.07) is 25.1. The zero-order valence-corrected chi connectivity index (χ0v) is 23.2. The molecule has 202 valence electrons. The van der Waals surface area contributed by atoms with Gasteiger partial charge in [0, 0.05) is 39.5 Å². The number of nitrogens with one attached hydrogen (secondary N) is 1. The molecule has 0 aliphatic heterocycles. The fourth-order valence-corrected chi connectivity index (χ4v) is 5.46. The second-order valence-corrected chi connectivity index (χ2v) is 11.4. The van der Waals surface area contributed by atoms with Crippen molar-refractivity contribution in [3.63, 3.8) is 0 Å². The van der Waals surface area contributed by atoms with E-state index < -0.39 is 16.1 Å². The fourth-order valence-electron chi connectivity index (χ4n) is 4.23. The molecule has 0 saturated carbocycles. The van der Waals surface area contributed by atoms with E-state index in [1.54, 1.807) is 35.2 Å². The molecule has 1 atom stereocenters. The third-order valence-corrected chi connectivity index (χ3v) is 8.28. The van der Waals surface area contributed by atoms with Gasteiger partial charge in [-0.15, -0.1) is 0 Å². The summed E-state index contributed by atoms with van der Waals surface area (Å²) in [7, 11) is -2.13. The van der Waals surface area contributed by atoms with E-state index in [-0.39, 0.29) is 36.2 Å². The molecule has 0 heterocycles. The Morgan fingerprint density at radius 1 is 0.868 bits per heavy atom. The van der Waals surface area contributed by atoms with Crippen molar-refractivity contribution in [1.82, 2.24) is 14.5 Å². The number of nitrogens with zero attached hydrogens (tertiary/aromatic N) is 2. The maximum Gasteiger partial charge on any atom is 0.243 e.